The maximum Gasteiger partial charge on any atom is 0.318 e. The Morgan fingerprint density at radius 2 is 1.94 bits per heavy atom. The van der Waals surface area contributed by atoms with Crippen molar-refractivity contribution in [3.8, 4) is 0 Å². The van der Waals surface area contributed by atoms with Gasteiger partial charge < -0.3 is 15.1 Å². The number of hydrogen-bond acceptors (Lipinski definition) is 2. The molecule has 2 rings (SSSR count). The van der Waals surface area contributed by atoms with Crippen LogP contribution in [0.15, 0.2) is 0 Å². The van der Waals surface area contributed by atoms with E-state index in [9.17, 15) is 9.59 Å². The molecule has 0 radical (unpaired) electrons. The van der Waals surface area contributed by atoms with Crippen LogP contribution in [0.4, 0.5) is 4.79 Å². The highest BCUT2D eigenvalue weighted by molar-refractivity contribution is 5.87. The lowest BCUT2D eigenvalue weighted by Crippen LogP contribution is -2.59. The van der Waals surface area contributed by atoms with Crippen molar-refractivity contribution in [3.05, 3.63) is 0 Å². The van der Waals surface area contributed by atoms with E-state index in [-0.39, 0.29) is 18.0 Å². The van der Waals surface area contributed by atoms with E-state index in [1.165, 1.54) is 12.8 Å². The van der Waals surface area contributed by atoms with Crippen molar-refractivity contribution in [3.63, 3.8) is 0 Å². The molecule has 96 valence electrons. The fraction of sp³-hybridized carbons (Fsp3) is 0.833. The van der Waals surface area contributed by atoms with Gasteiger partial charge in [0, 0.05) is 26.2 Å². The summed E-state index contributed by atoms with van der Waals surface area (Å²) in [6.07, 6.45) is 4.54. The first-order valence-corrected chi connectivity index (χ1v) is 6.41. The molecule has 0 spiro atoms. The average Bonchev–Trinajstić information content (AvgIpc) is 2.78. The minimum atomic E-state index is -0.338. The summed E-state index contributed by atoms with van der Waals surface area (Å²) in [5, 5.41) is 3.03. The number of hydrogen-bond donors (Lipinski definition) is 1. The molecule has 5 nitrogen and oxygen atoms in total. The number of carbonyl (C=O) groups is 2. The first-order valence-electron chi connectivity index (χ1n) is 6.41. The van der Waals surface area contributed by atoms with E-state index in [2.05, 4.69) is 5.32 Å². The Kier molecular flexibility index (Phi) is 3.54. The summed E-state index contributed by atoms with van der Waals surface area (Å²) >= 11 is 0. The van der Waals surface area contributed by atoms with E-state index in [0.717, 1.165) is 12.8 Å². The van der Waals surface area contributed by atoms with E-state index in [1.54, 1.807) is 23.8 Å². The standard InChI is InChI=1S/C12H21N3O2/c1-9-11(16)14(2)7-8-15(9)12(17)13-10-5-3-4-6-10/h9-10H,3-8H2,1-2H3,(H,13,17). The molecule has 0 aromatic heterocycles. The highest BCUT2D eigenvalue weighted by atomic mass is 16.2. The topological polar surface area (TPSA) is 52.7 Å². The van der Waals surface area contributed by atoms with Crippen molar-refractivity contribution in [2.24, 2.45) is 0 Å². The van der Waals surface area contributed by atoms with Crippen LogP contribution >= 0.6 is 0 Å². The van der Waals surface area contributed by atoms with Gasteiger partial charge in [0.15, 0.2) is 0 Å². The Labute approximate surface area is 102 Å². The number of urea groups is 1. The minimum absolute atomic E-state index is 0.0258. The van der Waals surface area contributed by atoms with Crippen LogP contribution in [-0.4, -0.2) is 54.0 Å². The molecule has 1 atom stereocenters. The zero-order valence-corrected chi connectivity index (χ0v) is 10.6. The van der Waals surface area contributed by atoms with Crippen LogP contribution in [-0.2, 0) is 4.79 Å². The molecule has 0 aromatic rings. The van der Waals surface area contributed by atoms with Gasteiger partial charge in [-0.2, -0.15) is 0 Å². The van der Waals surface area contributed by atoms with Crippen molar-refractivity contribution in [2.75, 3.05) is 20.1 Å². The van der Waals surface area contributed by atoms with Gasteiger partial charge in [-0.25, -0.2) is 4.79 Å². The molecule has 2 fully saturated rings. The van der Waals surface area contributed by atoms with Gasteiger partial charge >= 0.3 is 6.03 Å². The third kappa shape index (κ3) is 2.53. The molecule has 3 amide bonds. The van der Waals surface area contributed by atoms with Gasteiger partial charge in [-0.05, 0) is 19.8 Å². The number of likely N-dealkylation sites (N-methyl/N-ethyl adjacent to an activating group) is 1. The van der Waals surface area contributed by atoms with Gasteiger partial charge in [0.2, 0.25) is 5.91 Å². The highest BCUT2D eigenvalue weighted by Gasteiger charge is 2.33. The molecule has 0 aromatic carbocycles. The quantitative estimate of drug-likeness (QED) is 0.736. The molecule has 1 saturated heterocycles. The first-order chi connectivity index (χ1) is 8.09. The van der Waals surface area contributed by atoms with E-state index in [4.69, 9.17) is 0 Å². The van der Waals surface area contributed by atoms with E-state index >= 15 is 0 Å². The van der Waals surface area contributed by atoms with Crippen LogP contribution in [0.5, 0.6) is 0 Å². The molecule has 1 saturated carbocycles. The first kappa shape index (κ1) is 12.2. The van der Waals surface area contributed by atoms with E-state index in [0.29, 0.717) is 19.1 Å². The minimum Gasteiger partial charge on any atom is -0.342 e. The van der Waals surface area contributed by atoms with Crippen LogP contribution in [0.1, 0.15) is 32.6 Å². The summed E-state index contributed by atoms with van der Waals surface area (Å²) in [5.74, 6) is 0.0258. The van der Waals surface area contributed by atoms with E-state index < -0.39 is 0 Å². The van der Waals surface area contributed by atoms with Crippen molar-refractivity contribution < 1.29 is 9.59 Å². The second-order valence-electron chi connectivity index (χ2n) is 5.06. The van der Waals surface area contributed by atoms with Gasteiger partial charge in [0.1, 0.15) is 6.04 Å². The molecule has 17 heavy (non-hydrogen) atoms. The number of carbonyl (C=O) groups excluding carboxylic acids is 2. The lowest BCUT2D eigenvalue weighted by molar-refractivity contribution is -0.137. The maximum atomic E-state index is 12.1. The summed E-state index contributed by atoms with van der Waals surface area (Å²) in [4.78, 5) is 27.2. The molecule has 1 aliphatic carbocycles. The van der Waals surface area contributed by atoms with Gasteiger partial charge in [0.05, 0.1) is 0 Å². The van der Waals surface area contributed by atoms with Crippen LogP contribution < -0.4 is 5.32 Å². The maximum absolute atomic E-state index is 12.1. The van der Waals surface area contributed by atoms with Gasteiger partial charge in [-0.3, -0.25) is 4.79 Å². The number of amides is 3. The molecular weight excluding hydrogens is 218 g/mol. The van der Waals surface area contributed by atoms with Gasteiger partial charge in [-0.15, -0.1) is 0 Å². The summed E-state index contributed by atoms with van der Waals surface area (Å²) < 4.78 is 0. The Hall–Kier alpha value is -1.26. The van der Waals surface area contributed by atoms with E-state index in [1.807, 2.05) is 0 Å². The molecule has 1 heterocycles. The van der Waals surface area contributed by atoms with Gasteiger partial charge in [0.25, 0.3) is 0 Å². The fourth-order valence-corrected chi connectivity index (χ4v) is 2.62. The van der Waals surface area contributed by atoms with Crippen molar-refractivity contribution in [2.45, 2.75) is 44.7 Å². The number of nitrogens with zero attached hydrogens (tertiary/aromatic N) is 2. The zero-order valence-electron chi connectivity index (χ0n) is 10.6. The molecule has 1 N–H and O–H groups in total. The molecular formula is C12H21N3O2. The van der Waals surface area contributed by atoms with Crippen molar-refractivity contribution in [1.29, 1.82) is 0 Å². The SMILES string of the molecule is CC1C(=O)N(C)CCN1C(=O)NC1CCCC1. The second-order valence-corrected chi connectivity index (χ2v) is 5.06. The van der Waals surface area contributed by atoms with Crippen molar-refractivity contribution in [1.82, 2.24) is 15.1 Å². The summed E-state index contributed by atoms with van der Waals surface area (Å²) in [6, 6.07) is -0.106. The lowest BCUT2D eigenvalue weighted by atomic mass is 10.2. The Morgan fingerprint density at radius 1 is 1.29 bits per heavy atom. The highest BCUT2D eigenvalue weighted by Crippen LogP contribution is 2.18. The third-order valence-corrected chi connectivity index (χ3v) is 3.82. The van der Waals surface area contributed by atoms with Gasteiger partial charge in [-0.1, -0.05) is 12.8 Å². The van der Waals surface area contributed by atoms with Crippen LogP contribution in [0.25, 0.3) is 0 Å². The molecule has 1 unspecified atom stereocenters. The largest absolute Gasteiger partial charge is 0.342 e. The number of piperazine rings is 1. The smallest absolute Gasteiger partial charge is 0.318 e. The number of nitrogens with one attached hydrogen (secondary N) is 1. The van der Waals surface area contributed by atoms with Crippen LogP contribution in [0.2, 0.25) is 0 Å². The molecule has 1 aliphatic heterocycles. The number of rotatable bonds is 1. The third-order valence-electron chi connectivity index (χ3n) is 3.82. The van der Waals surface area contributed by atoms with Crippen molar-refractivity contribution >= 4 is 11.9 Å². The summed E-state index contributed by atoms with van der Waals surface area (Å²) in [5.41, 5.74) is 0. The fourth-order valence-electron chi connectivity index (χ4n) is 2.62. The summed E-state index contributed by atoms with van der Waals surface area (Å²) in [6.45, 7) is 3.05. The monoisotopic (exact) mass is 239 g/mol. The average molecular weight is 239 g/mol. The predicted molar refractivity (Wildman–Crippen MR) is 64.6 cm³/mol. The normalized spacial score (nSPS) is 26.5. The lowest BCUT2D eigenvalue weighted by Gasteiger charge is -2.37. The Balaban J connectivity index is 1.92. The molecule has 2 aliphatic rings. The predicted octanol–water partition coefficient (Wildman–Crippen LogP) is 0.801. The Morgan fingerprint density at radius 3 is 2.59 bits per heavy atom. The molecule has 0 bridgehead atoms. The molecule has 5 heteroatoms. The second kappa shape index (κ2) is 4.94. The summed E-state index contributed by atoms with van der Waals surface area (Å²) in [7, 11) is 1.78. The zero-order chi connectivity index (χ0) is 12.4. The Bertz CT molecular complexity index is 313. The van der Waals surface area contributed by atoms with Crippen LogP contribution in [0.3, 0.4) is 0 Å². The van der Waals surface area contributed by atoms with Crippen LogP contribution in [0, 0.1) is 0 Å².